The van der Waals surface area contributed by atoms with Crippen molar-refractivity contribution in [2.24, 2.45) is 11.7 Å². The summed E-state index contributed by atoms with van der Waals surface area (Å²) in [6.45, 7) is 8.46. The summed E-state index contributed by atoms with van der Waals surface area (Å²) in [5.41, 5.74) is 5.20. The van der Waals surface area contributed by atoms with Gasteiger partial charge in [0.2, 0.25) is 11.8 Å². The largest absolute Gasteiger partial charge is 0.375 e. The van der Waals surface area contributed by atoms with Crippen LogP contribution in [-0.2, 0) is 14.3 Å². The van der Waals surface area contributed by atoms with E-state index < -0.39 is 0 Å². The topological polar surface area (TPSA) is 75.9 Å². The highest BCUT2D eigenvalue weighted by molar-refractivity contribution is 5.77. The zero-order valence-electron chi connectivity index (χ0n) is 14.5. The minimum atomic E-state index is -0.229. The van der Waals surface area contributed by atoms with Gasteiger partial charge in [0.1, 0.15) is 0 Å². The second-order valence-corrected chi connectivity index (χ2v) is 7.11. The zero-order valence-corrected chi connectivity index (χ0v) is 14.5. The van der Waals surface area contributed by atoms with Crippen LogP contribution in [0, 0.1) is 5.92 Å². The summed E-state index contributed by atoms with van der Waals surface area (Å²) in [6, 6.07) is 0.498. The Balaban J connectivity index is 1.71. The van der Waals surface area contributed by atoms with Crippen LogP contribution in [0.5, 0.6) is 0 Å². The third-order valence-corrected chi connectivity index (χ3v) is 5.07. The van der Waals surface area contributed by atoms with Crippen molar-refractivity contribution in [1.82, 2.24) is 9.80 Å². The second kappa shape index (κ2) is 8.64. The summed E-state index contributed by atoms with van der Waals surface area (Å²) >= 11 is 0. The van der Waals surface area contributed by atoms with Gasteiger partial charge < -0.3 is 15.4 Å². The highest BCUT2D eigenvalue weighted by atomic mass is 16.5. The lowest BCUT2D eigenvalue weighted by atomic mass is 9.92. The van der Waals surface area contributed by atoms with Crippen molar-refractivity contribution in [3.05, 3.63) is 0 Å². The molecule has 0 saturated carbocycles. The summed E-state index contributed by atoms with van der Waals surface area (Å²) in [7, 11) is 0. The highest BCUT2D eigenvalue weighted by Crippen LogP contribution is 2.23. The van der Waals surface area contributed by atoms with E-state index in [1.165, 1.54) is 0 Å². The molecule has 6 heteroatoms. The van der Waals surface area contributed by atoms with E-state index in [-0.39, 0.29) is 17.9 Å². The summed E-state index contributed by atoms with van der Waals surface area (Å²) in [5.74, 6) is 0.496. The molecule has 0 aliphatic carbocycles. The van der Waals surface area contributed by atoms with E-state index in [1.807, 2.05) is 4.90 Å². The Morgan fingerprint density at radius 3 is 2.52 bits per heavy atom. The number of carbonyl (C=O) groups is 2. The molecule has 1 atom stereocenters. The SMILES string of the molecule is CC(C)N1CCO[C@@H](CC(=O)N2CCC(CCC(N)=O)CC2)C1. The van der Waals surface area contributed by atoms with Gasteiger partial charge in [0.05, 0.1) is 19.1 Å². The van der Waals surface area contributed by atoms with Gasteiger partial charge in [-0.05, 0) is 39.0 Å². The summed E-state index contributed by atoms with van der Waals surface area (Å²) in [4.78, 5) is 27.6. The minimum absolute atomic E-state index is 0.0197. The van der Waals surface area contributed by atoms with E-state index >= 15 is 0 Å². The molecular weight excluding hydrogens is 294 g/mol. The first-order valence-electron chi connectivity index (χ1n) is 8.87. The molecule has 2 N–H and O–H groups in total. The third-order valence-electron chi connectivity index (χ3n) is 5.07. The van der Waals surface area contributed by atoms with Gasteiger partial charge in [-0.25, -0.2) is 0 Å². The van der Waals surface area contributed by atoms with Gasteiger partial charge in [0.15, 0.2) is 0 Å². The Hall–Kier alpha value is -1.14. The smallest absolute Gasteiger partial charge is 0.225 e. The predicted octanol–water partition coefficient (Wildman–Crippen LogP) is 0.990. The number of likely N-dealkylation sites (tertiary alicyclic amines) is 1. The second-order valence-electron chi connectivity index (χ2n) is 7.11. The third kappa shape index (κ3) is 5.77. The number of hydrogen-bond acceptors (Lipinski definition) is 4. The first-order chi connectivity index (χ1) is 11.0. The van der Waals surface area contributed by atoms with Gasteiger partial charge in [0.25, 0.3) is 0 Å². The number of carbonyl (C=O) groups excluding carboxylic acids is 2. The molecule has 0 unspecified atom stereocenters. The number of rotatable bonds is 6. The van der Waals surface area contributed by atoms with Crippen molar-refractivity contribution in [2.45, 2.75) is 58.1 Å². The van der Waals surface area contributed by atoms with Gasteiger partial charge in [0, 0.05) is 38.6 Å². The number of amides is 2. The summed E-state index contributed by atoms with van der Waals surface area (Å²) < 4.78 is 5.77. The van der Waals surface area contributed by atoms with Crippen molar-refractivity contribution >= 4 is 11.8 Å². The molecule has 132 valence electrons. The van der Waals surface area contributed by atoms with Gasteiger partial charge >= 0.3 is 0 Å². The first kappa shape index (κ1) is 18.2. The molecule has 2 saturated heterocycles. The maximum absolute atomic E-state index is 12.5. The van der Waals surface area contributed by atoms with Crippen molar-refractivity contribution in [3.8, 4) is 0 Å². The van der Waals surface area contributed by atoms with Crippen LogP contribution in [0.3, 0.4) is 0 Å². The van der Waals surface area contributed by atoms with E-state index in [4.69, 9.17) is 10.5 Å². The lowest BCUT2D eigenvalue weighted by molar-refractivity contribution is -0.138. The number of primary amides is 1. The number of hydrogen-bond donors (Lipinski definition) is 1. The molecule has 23 heavy (non-hydrogen) atoms. The monoisotopic (exact) mass is 325 g/mol. The van der Waals surface area contributed by atoms with Gasteiger partial charge in [-0.2, -0.15) is 0 Å². The maximum atomic E-state index is 12.5. The lowest BCUT2D eigenvalue weighted by Gasteiger charge is -2.37. The van der Waals surface area contributed by atoms with Crippen LogP contribution in [0.4, 0.5) is 0 Å². The Morgan fingerprint density at radius 2 is 1.91 bits per heavy atom. The van der Waals surface area contributed by atoms with Crippen LogP contribution in [-0.4, -0.2) is 66.5 Å². The fraction of sp³-hybridized carbons (Fsp3) is 0.882. The lowest BCUT2D eigenvalue weighted by Crippen LogP contribution is -2.48. The van der Waals surface area contributed by atoms with Crippen LogP contribution in [0.25, 0.3) is 0 Å². The van der Waals surface area contributed by atoms with Crippen molar-refractivity contribution in [3.63, 3.8) is 0 Å². The number of nitrogens with zero attached hydrogens (tertiary/aromatic N) is 2. The minimum Gasteiger partial charge on any atom is -0.375 e. The normalized spacial score (nSPS) is 24.1. The summed E-state index contributed by atoms with van der Waals surface area (Å²) in [5, 5.41) is 0. The number of morpholine rings is 1. The Kier molecular flexibility index (Phi) is 6.84. The molecule has 2 heterocycles. The standard InChI is InChI=1S/C17H31N3O3/c1-13(2)20-9-10-23-15(12-20)11-17(22)19-7-5-14(6-8-19)3-4-16(18)21/h13-15H,3-12H2,1-2H3,(H2,18,21)/t15-/m0/s1. The molecule has 0 bridgehead atoms. The van der Waals surface area contributed by atoms with Crippen molar-refractivity contribution < 1.29 is 14.3 Å². The van der Waals surface area contributed by atoms with E-state index in [0.717, 1.165) is 45.4 Å². The molecule has 2 rings (SSSR count). The molecule has 0 aromatic carbocycles. The molecule has 2 aliphatic heterocycles. The van der Waals surface area contributed by atoms with Gasteiger partial charge in [-0.15, -0.1) is 0 Å². The fourth-order valence-electron chi connectivity index (χ4n) is 3.48. The van der Waals surface area contributed by atoms with Crippen molar-refractivity contribution in [1.29, 1.82) is 0 Å². The fourth-order valence-corrected chi connectivity index (χ4v) is 3.48. The highest BCUT2D eigenvalue weighted by Gasteiger charge is 2.28. The van der Waals surface area contributed by atoms with E-state index in [1.54, 1.807) is 0 Å². The number of piperidine rings is 1. The molecule has 0 aromatic rings. The van der Waals surface area contributed by atoms with Crippen LogP contribution < -0.4 is 5.73 Å². The first-order valence-corrected chi connectivity index (χ1v) is 8.87. The van der Waals surface area contributed by atoms with Crippen LogP contribution >= 0.6 is 0 Å². The Morgan fingerprint density at radius 1 is 1.22 bits per heavy atom. The van der Waals surface area contributed by atoms with E-state index in [0.29, 0.717) is 31.4 Å². The molecular formula is C17H31N3O3. The molecule has 0 radical (unpaired) electrons. The van der Waals surface area contributed by atoms with Crippen LogP contribution in [0.15, 0.2) is 0 Å². The predicted molar refractivity (Wildman–Crippen MR) is 88.8 cm³/mol. The Labute approximate surface area is 139 Å². The summed E-state index contributed by atoms with van der Waals surface area (Å²) in [6.07, 6.45) is 3.76. The number of nitrogens with two attached hydrogens (primary N) is 1. The average molecular weight is 325 g/mol. The zero-order chi connectivity index (χ0) is 16.8. The molecule has 0 aromatic heterocycles. The van der Waals surface area contributed by atoms with Crippen molar-refractivity contribution in [2.75, 3.05) is 32.8 Å². The Bertz CT molecular complexity index is 406. The maximum Gasteiger partial charge on any atom is 0.225 e. The van der Waals surface area contributed by atoms with Gasteiger partial charge in [-0.1, -0.05) is 0 Å². The molecule has 2 amide bonds. The number of ether oxygens (including phenoxy) is 1. The van der Waals surface area contributed by atoms with E-state index in [2.05, 4.69) is 18.7 Å². The van der Waals surface area contributed by atoms with Crippen LogP contribution in [0.1, 0.15) is 46.0 Å². The average Bonchev–Trinajstić information content (AvgIpc) is 2.53. The molecule has 6 nitrogen and oxygen atoms in total. The van der Waals surface area contributed by atoms with Crippen LogP contribution in [0.2, 0.25) is 0 Å². The quantitative estimate of drug-likeness (QED) is 0.790. The molecule has 2 fully saturated rings. The van der Waals surface area contributed by atoms with Gasteiger partial charge in [-0.3, -0.25) is 14.5 Å². The molecule has 2 aliphatic rings. The molecule has 0 spiro atoms. The van der Waals surface area contributed by atoms with E-state index in [9.17, 15) is 9.59 Å².